The monoisotopic (exact) mass is 126 g/mol. The van der Waals surface area contributed by atoms with Crippen LogP contribution in [0.2, 0.25) is 0 Å². The van der Waals surface area contributed by atoms with E-state index < -0.39 is 0 Å². The van der Waals surface area contributed by atoms with Gasteiger partial charge in [0.25, 0.3) is 0 Å². The molecule has 1 heteroatoms. The van der Waals surface area contributed by atoms with Gasteiger partial charge in [-0.15, -0.1) is 12.3 Å². The Morgan fingerprint density at radius 3 is 2.00 bits per heavy atom. The lowest BCUT2D eigenvalue weighted by molar-refractivity contribution is 0.198. The van der Waals surface area contributed by atoms with Crippen molar-refractivity contribution in [2.24, 2.45) is 0 Å². The molecule has 1 fully saturated rings. The minimum absolute atomic E-state index is 0.847. The Bertz CT molecular complexity index is 69.4. The molecule has 1 rings (SSSR count). The summed E-state index contributed by atoms with van der Waals surface area (Å²) in [6.45, 7) is 3.94. The molecule has 9 heavy (non-hydrogen) atoms. The van der Waals surface area contributed by atoms with Gasteiger partial charge in [-0.1, -0.05) is 6.92 Å². The Kier molecular flexibility index (Phi) is 7.12. The molecule has 0 radical (unpaired) electrons. The van der Waals surface area contributed by atoms with Crippen LogP contribution < -0.4 is 0 Å². The maximum absolute atomic E-state index is 4.94. The van der Waals surface area contributed by atoms with Crippen molar-refractivity contribution in [3.8, 4) is 12.3 Å². The highest BCUT2D eigenvalue weighted by Crippen LogP contribution is 1.98. The molecule has 1 aliphatic rings. The van der Waals surface area contributed by atoms with Crippen molar-refractivity contribution < 1.29 is 4.74 Å². The molecular weight excluding hydrogens is 112 g/mol. The number of ether oxygens (including phenoxy) is 1. The van der Waals surface area contributed by atoms with Crippen LogP contribution in [0.5, 0.6) is 0 Å². The van der Waals surface area contributed by atoms with E-state index >= 15 is 0 Å². The van der Waals surface area contributed by atoms with E-state index in [1.807, 2.05) is 6.92 Å². The van der Waals surface area contributed by atoms with Gasteiger partial charge >= 0.3 is 0 Å². The molecule has 0 saturated carbocycles. The molecule has 1 heterocycles. The van der Waals surface area contributed by atoms with Crippen LogP contribution in [0.1, 0.15) is 26.2 Å². The van der Waals surface area contributed by atoms with E-state index in [1.165, 1.54) is 12.8 Å². The quantitative estimate of drug-likeness (QED) is 0.450. The topological polar surface area (TPSA) is 9.23 Å². The van der Waals surface area contributed by atoms with Crippen molar-refractivity contribution in [2.45, 2.75) is 26.2 Å². The summed E-state index contributed by atoms with van der Waals surface area (Å²) >= 11 is 0. The predicted molar refractivity (Wildman–Crippen MR) is 39.2 cm³/mol. The molecule has 0 aromatic heterocycles. The van der Waals surface area contributed by atoms with Gasteiger partial charge in [-0.05, 0) is 12.8 Å². The number of rotatable bonds is 0. The van der Waals surface area contributed by atoms with Crippen LogP contribution in [0.4, 0.5) is 0 Å². The molecule has 0 aromatic rings. The molecule has 1 aliphatic heterocycles. The summed E-state index contributed by atoms with van der Waals surface area (Å²) in [5.41, 5.74) is 0. The maximum Gasteiger partial charge on any atom is 0.0466 e. The number of hydrogen-bond acceptors (Lipinski definition) is 1. The van der Waals surface area contributed by atoms with Crippen LogP contribution in [0, 0.1) is 12.3 Å². The van der Waals surface area contributed by atoms with E-state index in [-0.39, 0.29) is 0 Å². The first-order chi connectivity index (χ1) is 4.41. The van der Waals surface area contributed by atoms with Gasteiger partial charge in [0.1, 0.15) is 0 Å². The predicted octanol–water partition coefficient (Wildman–Crippen LogP) is 1.83. The molecule has 0 unspecified atom stereocenters. The Balaban J connectivity index is 0.000000148. The third-order valence-corrected chi connectivity index (χ3v) is 1.03. The SMILES string of the molecule is C#CCC.C1CCOC1. The number of hydrogen-bond donors (Lipinski definition) is 0. The van der Waals surface area contributed by atoms with Gasteiger partial charge in [0.05, 0.1) is 0 Å². The molecule has 0 aliphatic carbocycles. The molecule has 0 bridgehead atoms. The fourth-order valence-electron chi connectivity index (χ4n) is 0.510. The minimum Gasteiger partial charge on any atom is -0.381 e. The van der Waals surface area contributed by atoms with E-state index in [4.69, 9.17) is 11.2 Å². The van der Waals surface area contributed by atoms with Gasteiger partial charge < -0.3 is 4.74 Å². The van der Waals surface area contributed by atoms with Crippen LogP contribution in [0.3, 0.4) is 0 Å². The van der Waals surface area contributed by atoms with E-state index in [1.54, 1.807) is 0 Å². The third kappa shape index (κ3) is 7.52. The largest absolute Gasteiger partial charge is 0.381 e. The second-order valence-electron chi connectivity index (χ2n) is 1.88. The van der Waals surface area contributed by atoms with Crippen molar-refractivity contribution >= 4 is 0 Å². The highest BCUT2D eigenvalue weighted by Gasteiger charge is 1.94. The van der Waals surface area contributed by atoms with Gasteiger partial charge in [0.15, 0.2) is 0 Å². The fraction of sp³-hybridized carbons (Fsp3) is 0.750. The zero-order valence-corrected chi connectivity index (χ0v) is 6.02. The molecule has 0 aromatic carbocycles. The minimum atomic E-state index is 0.847. The first-order valence-corrected chi connectivity index (χ1v) is 3.43. The van der Waals surface area contributed by atoms with Gasteiger partial charge in [0.2, 0.25) is 0 Å². The van der Waals surface area contributed by atoms with Gasteiger partial charge in [-0.3, -0.25) is 0 Å². The molecular formula is C8H14O. The van der Waals surface area contributed by atoms with E-state index in [2.05, 4.69) is 5.92 Å². The summed E-state index contributed by atoms with van der Waals surface area (Å²) in [6.07, 6.45) is 8.18. The standard InChI is InChI=1S/C4H8O.C4H6/c1-2-4-5-3-1;1-3-4-2/h1-4H2;1H,4H2,2H3. The van der Waals surface area contributed by atoms with Crippen molar-refractivity contribution in [1.82, 2.24) is 0 Å². The highest BCUT2D eigenvalue weighted by molar-refractivity contribution is 4.80. The lowest BCUT2D eigenvalue weighted by Gasteiger charge is -1.76. The van der Waals surface area contributed by atoms with Crippen LogP contribution >= 0.6 is 0 Å². The Morgan fingerprint density at radius 2 is 1.89 bits per heavy atom. The summed E-state index contributed by atoms with van der Waals surface area (Å²) in [5, 5.41) is 0. The van der Waals surface area contributed by atoms with Crippen LogP contribution in [-0.4, -0.2) is 13.2 Å². The summed E-state index contributed by atoms with van der Waals surface area (Å²) in [7, 11) is 0. The molecule has 0 spiro atoms. The van der Waals surface area contributed by atoms with Gasteiger partial charge in [-0.2, -0.15) is 0 Å². The lowest BCUT2D eigenvalue weighted by atomic mass is 10.4. The first-order valence-electron chi connectivity index (χ1n) is 3.43. The maximum atomic E-state index is 4.94. The van der Waals surface area contributed by atoms with Crippen molar-refractivity contribution in [1.29, 1.82) is 0 Å². The Morgan fingerprint density at radius 1 is 1.44 bits per heavy atom. The van der Waals surface area contributed by atoms with E-state index in [9.17, 15) is 0 Å². The zero-order valence-electron chi connectivity index (χ0n) is 6.02. The molecule has 0 N–H and O–H groups in total. The summed E-state index contributed by atoms with van der Waals surface area (Å²) in [5.74, 6) is 2.43. The average molecular weight is 126 g/mol. The van der Waals surface area contributed by atoms with Gasteiger partial charge in [-0.25, -0.2) is 0 Å². The third-order valence-electron chi connectivity index (χ3n) is 1.03. The van der Waals surface area contributed by atoms with E-state index in [0.717, 1.165) is 19.6 Å². The van der Waals surface area contributed by atoms with Crippen molar-refractivity contribution in [2.75, 3.05) is 13.2 Å². The van der Waals surface area contributed by atoms with Crippen molar-refractivity contribution in [3.05, 3.63) is 0 Å². The number of terminal acetylenes is 1. The molecule has 52 valence electrons. The van der Waals surface area contributed by atoms with Crippen LogP contribution in [0.25, 0.3) is 0 Å². The molecule has 0 atom stereocenters. The summed E-state index contributed by atoms with van der Waals surface area (Å²) in [6, 6.07) is 0. The van der Waals surface area contributed by atoms with Crippen LogP contribution in [-0.2, 0) is 4.74 Å². The second-order valence-corrected chi connectivity index (χ2v) is 1.88. The summed E-state index contributed by atoms with van der Waals surface area (Å²) in [4.78, 5) is 0. The zero-order chi connectivity index (χ0) is 6.95. The van der Waals surface area contributed by atoms with Crippen LogP contribution in [0.15, 0.2) is 0 Å². The van der Waals surface area contributed by atoms with Crippen molar-refractivity contribution in [3.63, 3.8) is 0 Å². The smallest absolute Gasteiger partial charge is 0.0466 e. The average Bonchev–Trinajstić information content (AvgIpc) is 2.43. The molecule has 0 amide bonds. The summed E-state index contributed by atoms with van der Waals surface area (Å²) < 4.78 is 4.94. The van der Waals surface area contributed by atoms with E-state index in [0.29, 0.717) is 0 Å². The second kappa shape index (κ2) is 7.52. The Hall–Kier alpha value is -0.480. The normalized spacial score (nSPS) is 15.6. The fourth-order valence-corrected chi connectivity index (χ4v) is 0.510. The van der Waals surface area contributed by atoms with Gasteiger partial charge in [0, 0.05) is 19.6 Å². The lowest BCUT2D eigenvalue weighted by Crippen LogP contribution is -1.74. The highest BCUT2D eigenvalue weighted by atomic mass is 16.5. The molecule has 1 saturated heterocycles. The molecule has 1 nitrogen and oxygen atoms in total. The Labute approximate surface area is 57.4 Å². The first kappa shape index (κ1) is 8.52.